The van der Waals surface area contributed by atoms with Crippen molar-refractivity contribution in [2.45, 2.75) is 44.1 Å². The van der Waals surface area contributed by atoms with Crippen LogP contribution in [0.15, 0.2) is 17.5 Å². The van der Waals surface area contributed by atoms with Crippen LogP contribution in [0, 0.1) is 0 Å². The fourth-order valence-electron chi connectivity index (χ4n) is 2.45. The zero-order chi connectivity index (χ0) is 13.0. The number of amides is 1. The van der Waals surface area contributed by atoms with Crippen LogP contribution in [0.4, 0.5) is 0 Å². The third-order valence-corrected chi connectivity index (χ3v) is 4.79. The molecule has 1 aliphatic carbocycles. The fraction of sp³-hybridized carbons (Fsp3) is 0.538. The summed E-state index contributed by atoms with van der Waals surface area (Å²) in [6.07, 6.45) is 6.25. The number of carbonyl (C=O) groups is 1. The van der Waals surface area contributed by atoms with Gasteiger partial charge in [-0.25, -0.2) is 0 Å². The molecule has 1 amide bonds. The molecular formula is C13H18N2OS2. The quantitative estimate of drug-likeness (QED) is 0.662. The lowest BCUT2D eigenvalue weighted by atomic mass is 9.90. The molecule has 0 saturated heterocycles. The van der Waals surface area contributed by atoms with Crippen molar-refractivity contribution in [3.63, 3.8) is 0 Å². The van der Waals surface area contributed by atoms with E-state index in [9.17, 15) is 4.79 Å². The van der Waals surface area contributed by atoms with Crippen molar-refractivity contribution in [1.82, 2.24) is 5.32 Å². The first-order valence-electron chi connectivity index (χ1n) is 6.30. The van der Waals surface area contributed by atoms with Crippen LogP contribution in [-0.4, -0.2) is 16.4 Å². The fourth-order valence-corrected chi connectivity index (χ4v) is 3.33. The van der Waals surface area contributed by atoms with Crippen molar-refractivity contribution in [3.05, 3.63) is 22.4 Å². The van der Waals surface area contributed by atoms with Crippen molar-refractivity contribution < 1.29 is 4.79 Å². The lowest BCUT2D eigenvalue weighted by molar-refractivity contribution is 0.0921. The molecule has 2 rings (SSSR count). The second-order valence-electron chi connectivity index (χ2n) is 4.79. The van der Waals surface area contributed by atoms with Crippen molar-refractivity contribution in [2.24, 2.45) is 5.73 Å². The minimum atomic E-state index is -0.479. The van der Waals surface area contributed by atoms with E-state index >= 15 is 0 Å². The summed E-state index contributed by atoms with van der Waals surface area (Å²) >= 11 is 6.64. The van der Waals surface area contributed by atoms with E-state index in [2.05, 4.69) is 5.32 Å². The molecule has 0 aromatic carbocycles. The number of rotatable bonds is 3. The largest absolute Gasteiger partial charge is 0.391 e. The van der Waals surface area contributed by atoms with Crippen molar-refractivity contribution in [3.8, 4) is 0 Å². The van der Waals surface area contributed by atoms with Gasteiger partial charge in [0.25, 0.3) is 5.91 Å². The molecule has 1 aromatic rings. The molecule has 3 N–H and O–H groups in total. The lowest BCUT2D eigenvalue weighted by Gasteiger charge is -2.32. The van der Waals surface area contributed by atoms with Crippen molar-refractivity contribution >= 4 is 34.5 Å². The topological polar surface area (TPSA) is 55.1 Å². The van der Waals surface area contributed by atoms with Crippen LogP contribution < -0.4 is 11.1 Å². The highest BCUT2D eigenvalue weighted by Crippen LogP contribution is 2.28. The summed E-state index contributed by atoms with van der Waals surface area (Å²) in [6, 6.07) is 3.70. The Morgan fingerprint density at radius 1 is 1.33 bits per heavy atom. The molecule has 0 unspecified atom stereocenters. The molecule has 1 aromatic heterocycles. The molecule has 0 atom stereocenters. The van der Waals surface area contributed by atoms with Gasteiger partial charge in [-0.1, -0.05) is 44.0 Å². The van der Waals surface area contributed by atoms with Gasteiger partial charge in [-0.2, -0.15) is 0 Å². The van der Waals surface area contributed by atoms with Gasteiger partial charge in [-0.05, 0) is 24.3 Å². The molecule has 1 aliphatic rings. The molecule has 0 radical (unpaired) electrons. The maximum Gasteiger partial charge on any atom is 0.262 e. The second kappa shape index (κ2) is 5.80. The molecule has 0 bridgehead atoms. The van der Waals surface area contributed by atoms with Crippen LogP contribution in [0.25, 0.3) is 0 Å². The van der Waals surface area contributed by atoms with Crippen LogP contribution in [-0.2, 0) is 0 Å². The molecule has 0 aliphatic heterocycles. The lowest BCUT2D eigenvalue weighted by Crippen LogP contribution is -2.56. The van der Waals surface area contributed by atoms with Gasteiger partial charge in [0.15, 0.2) is 0 Å². The summed E-state index contributed by atoms with van der Waals surface area (Å²) in [5.41, 5.74) is 5.41. The molecule has 1 saturated carbocycles. The van der Waals surface area contributed by atoms with Gasteiger partial charge in [0.2, 0.25) is 0 Å². The Bertz CT molecular complexity index is 420. The van der Waals surface area contributed by atoms with E-state index in [4.69, 9.17) is 18.0 Å². The molecule has 0 spiro atoms. The third-order valence-electron chi connectivity index (χ3n) is 3.53. The van der Waals surface area contributed by atoms with E-state index < -0.39 is 5.54 Å². The number of nitrogens with one attached hydrogen (secondary N) is 1. The summed E-state index contributed by atoms with van der Waals surface area (Å²) in [5.74, 6) is -0.0558. The zero-order valence-electron chi connectivity index (χ0n) is 10.3. The van der Waals surface area contributed by atoms with Crippen LogP contribution >= 0.6 is 23.6 Å². The van der Waals surface area contributed by atoms with E-state index in [0.29, 0.717) is 4.99 Å². The maximum atomic E-state index is 12.2. The molecule has 98 valence electrons. The van der Waals surface area contributed by atoms with E-state index in [-0.39, 0.29) is 5.91 Å². The summed E-state index contributed by atoms with van der Waals surface area (Å²) in [5, 5.41) is 4.98. The number of nitrogens with two attached hydrogens (primary N) is 1. The van der Waals surface area contributed by atoms with Crippen LogP contribution in [0.5, 0.6) is 0 Å². The standard InChI is InChI=1S/C13H18N2OS2/c14-12(17)13(7-3-1-2-4-8-13)15-11(16)10-6-5-9-18-10/h5-6,9H,1-4,7-8H2,(H2,14,17)(H,15,16). The third kappa shape index (κ3) is 2.90. The van der Waals surface area contributed by atoms with E-state index in [1.54, 1.807) is 0 Å². The minimum absolute atomic E-state index is 0.0558. The number of thiocarbonyl (C=S) groups is 1. The smallest absolute Gasteiger partial charge is 0.262 e. The highest BCUT2D eigenvalue weighted by Gasteiger charge is 2.35. The Morgan fingerprint density at radius 2 is 2.00 bits per heavy atom. The van der Waals surface area contributed by atoms with Crippen LogP contribution in [0.2, 0.25) is 0 Å². The Kier molecular flexibility index (Phi) is 4.35. The zero-order valence-corrected chi connectivity index (χ0v) is 11.9. The first kappa shape index (κ1) is 13.5. The average Bonchev–Trinajstić information content (AvgIpc) is 2.77. The van der Waals surface area contributed by atoms with E-state index in [1.807, 2.05) is 17.5 Å². The molecule has 3 nitrogen and oxygen atoms in total. The first-order chi connectivity index (χ1) is 8.64. The average molecular weight is 282 g/mol. The van der Waals surface area contributed by atoms with Crippen LogP contribution in [0.1, 0.15) is 48.2 Å². The van der Waals surface area contributed by atoms with Gasteiger partial charge in [-0.3, -0.25) is 4.79 Å². The van der Waals surface area contributed by atoms with Gasteiger partial charge in [0.1, 0.15) is 0 Å². The number of hydrogen-bond donors (Lipinski definition) is 2. The number of hydrogen-bond acceptors (Lipinski definition) is 3. The molecule has 5 heteroatoms. The molecule has 1 fully saturated rings. The van der Waals surface area contributed by atoms with E-state index in [1.165, 1.54) is 24.2 Å². The van der Waals surface area contributed by atoms with Gasteiger partial charge < -0.3 is 11.1 Å². The molecule has 1 heterocycles. The predicted molar refractivity (Wildman–Crippen MR) is 79.0 cm³/mol. The predicted octanol–water partition coefficient (Wildman–Crippen LogP) is 2.86. The van der Waals surface area contributed by atoms with E-state index in [0.717, 1.165) is 30.6 Å². The monoisotopic (exact) mass is 282 g/mol. The summed E-state index contributed by atoms with van der Waals surface area (Å²) in [4.78, 5) is 13.3. The Hall–Kier alpha value is -0.940. The number of thiophene rings is 1. The van der Waals surface area contributed by atoms with Gasteiger partial charge in [0.05, 0.1) is 15.4 Å². The highest BCUT2D eigenvalue weighted by molar-refractivity contribution is 7.80. The summed E-state index contributed by atoms with van der Waals surface area (Å²) in [6.45, 7) is 0. The second-order valence-corrected chi connectivity index (χ2v) is 6.18. The number of carbonyl (C=O) groups excluding carboxylic acids is 1. The van der Waals surface area contributed by atoms with Crippen molar-refractivity contribution in [2.75, 3.05) is 0 Å². The normalized spacial score (nSPS) is 18.9. The molecule has 18 heavy (non-hydrogen) atoms. The van der Waals surface area contributed by atoms with Gasteiger partial charge in [0, 0.05) is 0 Å². The summed E-state index contributed by atoms with van der Waals surface area (Å²) in [7, 11) is 0. The highest BCUT2D eigenvalue weighted by atomic mass is 32.1. The molecular weight excluding hydrogens is 264 g/mol. The maximum absolute atomic E-state index is 12.2. The summed E-state index contributed by atoms with van der Waals surface area (Å²) < 4.78 is 0. The van der Waals surface area contributed by atoms with Crippen molar-refractivity contribution in [1.29, 1.82) is 0 Å². The Labute approximate surface area is 117 Å². The Morgan fingerprint density at radius 3 is 2.50 bits per heavy atom. The Balaban J connectivity index is 2.15. The minimum Gasteiger partial charge on any atom is -0.391 e. The van der Waals surface area contributed by atoms with Gasteiger partial charge in [-0.15, -0.1) is 11.3 Å². The van der Waals surface area contributed by atoms with Crippen LogP contribution in [0.3, 0.4) is 0 Å². The SMILES string of the molecule is NC(=S)C1(NC(=O)c2cccs2)CCCCCC1. The van der Waals surface area contributed by atoms with Gasteiger partial charge >= 0.3 is 0 Å². The first-order valence-corrected chi connectivity index (χ1v) is 7.59.